The lowest BCUT2D eigenvalue weighted by Crippen LogP contribution is -2.13. The molecule has 0 aliphatic rings. The molecule has 2 rings (SSSR count). The van der Waals surface area contributed by atoms with E-state index in [0.29, 0.717) is 6.04 Å². The number of hydrogen-bond donors (Lipinski definition) is 1. The second kappa shape index (κ2) is 3.98. The fraction of sp³-hybridized carbons (Fsp3) is 0.455. The molecule has 2 heterocycles. The van der Waals surface area contributed by atoms with Gasteiger partial charge < -0.3 is 9.88 Å². The van der Waals surface area contributed by atoms with Crippen LogP contribution in [0.2, 0.25) is 0 Å². The Morgan fingerprint density at radius 2 is 2.27 bits per heavy atom. The van der Waals surface area contributed by atoms with Crippen LogP contribution in [0.1, 0.15) is 25.7 Å². The van der Waals surface area contributed by atoms with Crippen molar-refractivity contribution in [3.05, 3.63) is 24.3 Å². The molecule has 0 saturated heterocycles. The average molecular weight is 204 g/mol. The Bertz CT molecular complexity index is 459. The zero-order valence-corrected chi connectivity index (χ0v) is 9.36. The van der Waals surface area contributed by atoms with Gasteiger partial charge in [0.05, 0.1) is 23.8 Å². The molecular formula is C11H16N4. The second-order valence-corrected chi connectivity index (χ2v) is 3.89. The highest BCUT2D eigenvalue weighted by Crippen LogP contribution is 2.19. The molecule has 0 atom stereocenters. The van der Waals surface area contributed by atoms with E-state index in [2.05, 4.69) is 33.7 Å². The zero-order valence-electron chi connectivity index (χ0n) is 9.36. The highest BCUT2D eigenvalue weighted by Gasteiger charge is 2.11. The summed E-state index contributed by atoms with van der Waals surface area (Å²) in [5.41, 5.74) is 2.13. The lowest BCUT2D eigenvalue weighted by atomic mass is 10.3. The lowest BCUT2D eigenvalue weighted by Gasteiger charge is -2.12. The number of imidazole rings is 1. The number of aromatic nitrogens is 3. The molecule has 80 valence electrons. The van der Waals surface area contributed by atoms with Crippen molar-refractivity contribution in [1.29, 1.82) is 0 Å². The number of fused-ring (bicyclic) bond motifs is 1. The third-order valence-electron chi connectivity index (χ3n) is 2.42. The average Bonchev–Trinajstić information content (AvgIpc) is 2.56. The first-order chi connectivity index (χ1) is 7.24. The smallest absolute Gasteiger partial charge is 0.124 e. The predicted octanol–water partition coefficient (Wildman–Crippen LogP) is 1.73. The van der Waals surface area contributed by atoms with Crippen molar-refractivity contribution in [3.63, 3.8) is 0 Å². The van der Waals surface area contributed by atoms with Crippen molar-refractivity contribution in [2.45, 2.75) is 26.4 Å². The number of pyridine rings is 1. The van der Waals surface area contributed by atoms with Crippen LogP contribution in [0.4, 0.5) is 0 Å². The van der Waals surface area contributed by atoms with Gasteiger partial charge in [-0.25, -0.2) is 4.98 Å². The van der Waals surface area contributed by atoms with Crippen LogP contribution >= 0.6 is 0 Å². The van der Waals surface area contributed by atoms with Gasteiger partial charge in [-0.3, -0.25) is 4.98 Å². The van der Waals surface area contributed by atoms with Crippen LogP contribution in [0.25, 0.3) is 11.0 Å². The van der Waals surface area contributed by atoms with Gasteiger partial charge in [0.2, 0.25) is 0 Å². The molecule has 15 heavy (non-hydrogen) atoms. The van der Waals surface area contributed by atoms with Gasteiger partial charge in [-0.15, -0.1) is 0 Å². The van der Waals surface area contributed by atoms with Crippen LogP contribution in [-0.2, 0) is 6.54 Å². The Morgan fingerprint density at radius 1 is 1.47 bits per heavy atom. The molecule has 2 aromatic rings. The Balaban J connectivity index is 2.63. The Kier molecular flexibility index (Phi) is 2.68. The van der Waals surface area contributed by atoms with Crippen molar-refractivity contribution in [3.8, 4) is 0 Å². The molecule has 0 aromatic carbocycles. The van der Waals surface area contributed by atoms with E-state index in [0.717, 1.165) is 23.4 Å². The maximum absolute atomic E-state index is 4.58. The second-order valence-electron chi connectivity index (χ2n) is 3.89. The van der Waals surface area contributed by atoms with E-state index in [9.17, 15) is 0 Å². The van der Waals surface area contributed by atoms with Gasteiger partial charge in [0, 0.05) is 12.2 Å². The van der Waals surface area contributed by atoms with E-state index in [1.807, 2.05) is 19.3 Å². The van der Waals surface area contributed by atoms with Gasteiger partial charge in [0.1, 0.15) is 5.82 Å². The first kappa shape index (κ1) is 10.1. The molecular weight excluding hydrogens is 188 g/mol. The van der Waals surface area contributed by atoms with E-state index < -0.39 is 0 Å². The molecule has 1 N–H and O–H groups in total. The summed E-state index contributed by atoms with van der Waals surface area (Å²) in [5.74, 6) is 1.07. The highest BCUT2D eigenvalue weighted by molar-refractivity contribution is 5.74. The third-order valence-corrected chi connectivity index (χ3v) is 2.42. The fourth-order valence-electron chi connectivity index (χ4n) is 1.85. The molecule has 4 nitrogen and oxygen atoms in total. The summed E-state index contributed by atoms with van der Waals surface area (Å²) in [6, 6.07) is 2.36. The van der Waals surface area contributed by atoms with Gasteiger partial charge in [-0.2, -0.15) is 0 Å². The molecule has 4 heteroatoms. The van der Waals surface area contributed by atoms with Crippen LogP contribution < -0.4 is 5.32 Å². The van der Waals surface area contributed by atoms with Crippen molar-refractivity contribution in [1.82, 2.24) is 19.9 Å². The number of hydrogen-bond acceptors (Lipinski definition) is 3. The Hall–Kier alpha value is -1.42. The monoisotopic (exact) mass is 204 g/mol. The minimum atomic E-state index is 0.405. The first-order valence-electron chi connectivity index (χ1n) is 5.19. The fourth-order valence-corrected chi connectivity index (χ4v) is 1.85. The molecule has 0 unspecified atom stereocenters. The van der Waals surface area contributed by atoms with Crippen molar-refractivity contribution < 1.29 is 0 Å². The number of nitrogens with one attached hydrogen (secondary N) is 1. The lowest BCUT2D eigenvalue weighted by molar-refractivity contribution is 0.569. The minimum absolute atomic E-state index is 0.405. The van der Waals surface area contributed by atoms with Crippen LogP contribution in [0.5, 0.6) is 0 Å². The summed E-state index contributed by atoms with van der Waals surface area (Å²) >= 11 is 0. The van der Waals surface area contributed by atoms with Crippen molar-refractivity contribution in [2.24, 2.45) is 0 Å². The van der Waals surface area contributed by atoms with Crippen LogP contribution in [0.15, 0.2) is 18.5 Å². The highest BCUT2D eigenvalue weighted by atomic mass is 15.1. The Labute approximate surface area is 89.3 Å². The maximum Gasteiger partial charge on any atom is 0.124 e. The zero-order chi connectivity index (χ0) is 10.8. The molecule has 2 aromatic heterocycles. The van der Waals surface area contributed by atoms with Crippen molar-refractivity contribution in [2.75, 3.05) is 7.05 Å². The van der Waals surface area contributed by atoms with Crippen LogP contribution in [-0.4, -0.2) is 21.6 Å². The third kappa shape index (κ3) is 1.72. The van der Waals surface area contributed by atoms with Gasteiger partial charge in [-0.05, 0) is 27.0 Å². The minimum Gasteiger partial charge on any atom is -0.323 e. The normalized spacial score (nSPS) is 11.5. The van der Waals surface area contributed by atoms with Crippen molar-refractivity contribution >= 4 is 11.0 Å². The topological polar surface area (TPSA) is 42.7 Å². The standard InChI is InChI=1S/C11H16N4/c1-8(2)15-10-6-13-5-4-9(10)14-11(15)7-12-3/h4-6,8,12H,7H2,1-3H3. The number of nitrogens with zero attached hydrogens (tertiary/aromatic N) is 3. The summed E-state index contributed by atoms with van der Waals surface area (Å²) in [4.78, 5) is 8.73. The van der Waals surface area contributed by atoms with E-state index in [1.165, 1.54) is 0 Å². The van der Waals surface area contributed by atoms with E-state index in [1.54, 1.807) is 6.20 Å². The molecule has 0 spiro atoms. The van der Waals surface area contributed by atoms with Gasteiger partial charge in [0.15, 0.2) is 0 Å². The summed E-state index contributed by atoms with van der Waals surface area (Å²) in [5, 5.41) is 3.14. The predicted molar refractivity (Wildman–Crippen MR) is 60.7 cm³/mol. The van der Waals surface area contributed by atoms with Crippen LogP contribution in [0.3, 0.4) is 0 Å². The molecule has 0 radical (unpaired) electrons. The molecule has 0 aliphatic heterocycles. The molecule has 0 amide bonds. The van der Waals surface area contributed by atoms with Gasteiger partial charge >= 0.3 is 0 Å². The number of rotatable bonds is 3. The summed E-state index contributed by atoms with van der Waals surface area (Å²) < 4.78 is 2.22. The molecule has 0 fully saturated rings. The van der Waals surface area contributed by atoms with Crippen LogP contribution in [0, 0.1) is 0 Å². The largest absolute Gasteiger partial charge is 0.323 e. The van der Waals surface area contributed by atoms with Gasteiger partial charge in [0.25, 0.3) is 0 Å². The summed E-state index contributed by atoms with van der Waals surface area (Å²) in [7, 11) is 1.93. The summed E-state index contributed by atoms with van der Waals surface area (Å²) in [6.07, 6.45) is 3.66. The SMILES string of the molecule is CNCc1nc2ccncc2n1C(C)C. The quantitative estimate of drug-likeness (QED) is 0.828. The molecule has 0 saturated carbocycles. The molecule has 0 bridgehead atoms. The summed E-state index contributed by atoms with van der Waals surface area (Å²) in [6.45, 7) is 5.10. The van der Waals surface area contributed by atoms with Gasteiger partial charge in [-0.1, -0.05) is 0 Å². The van der Waals surface area contributed by atoms with E-state index >= 15 is 0 Å². The molecule has 0 aliphatic carbocycles. The van der Waals surface area contributed by atoms with E-state index in [-0.39, 0.29) is 0 Å². The Morgan fingerprint density at radius 3 is 2.93 bits per heavy atom. The first-order valence-corrected chi connectivity index (χ1v) is 5.19. The van der Waals surface area contributed by atoms with E-state index in [4.69, 9.17) is 0 Å². The maximum atomic E-state index is 4.58.